The average molecular weight is 260 g/mol. The summed E-state index contributed by atoms with van der Waals surface area (Å²) in [7, 11) is 0. The van der Waals surface area contributed by atoms with Gasteiger partial charge in [-0.15, -0.1) is 0 Å². The van der Waals surface area contributed by atoms with Crippen LogP contribution in [0.25, 0.3) is 0 Å². The Hall–Kier alpha value is -0.160. The Balaban J connectivity index is 0.000000357. The molecule has 2 saturated heterocycles. The molecule has 0 spiro atoms. The van der Waals surface area contributed by atoms with Gasteiger partial charge in [0.05, 0.1) is 26.4 Å². The van der Waals surface area contributed by atoms with Crippen molar-refractivity contribution < 1.29 is 18.9 Å². The van der Waals surface area contributed by atoms with Crippen molar-refractivity contribution in [2.75, 3.05) is 39.6 Å². The van der Waals surface area contributed by atoms with Crippen molar-refractivity contribution in [1.82, 2.24) is 0 Å². The minimum atomic E-state index is 0.387. The van der Waals surface area contributed by atoms with Crippen molar-refractivity contribution in [3.8, 4) is 0 Å². The molecule has 2 aliphatic rings. The highest BCUT2D eigenvalue weighted by molar-refractivity contribution is 4.67. The Morgan fingerprint density at radius 2 is 1.22 bits per heavy atom. The standard InChI is InChI=1S/C10H18O4.C4H10/c1(3-11-5-9-7-13-9)2-4-12-6-10-8-14-10;1-3-4-2/h9-10H,1-8H2;3-4H2,1-2H3. The van der Waals surface area contributed by atoms with Crippen LogP contribution in [-0.2, 0) is 18.9 Å². The SMILES string of the molecule is C(CCOCC1CO1)COCC1CO1.CCCC. The van der Waals surface area contributed by atoms with E-state index >= 15 is 0 Å². The van der Waals surface area contributed by atoms with E-state index in [0.29, 0.717) is 12.2 Å². The monoisotopic (exact) mass is 260 g/mol. The lowest BCUT2D eigenvalue weighted by Crippen LogP contribution is -2.05. The highest BCUT2D eigenvalue weighted by Gasteiger charge is 2.22. The molecule has 2 unspecified atom stereocenters. The lowest BCUT2D eigenvalue weighted by molar-refractivity contribution is 0.0885. The molecule has 0 amide bonds. The molecule has 0 aromatic rings. The van der Waals surface area contributed by atoms with E-state index in [-0.39, 0.29) is 0 Å². The van der Waals surface area contributed by atoms with Gasteiger partial charge in [-0.05, 0) is 12.8 Å². The Morgan fingerprint density at radius 3 is 1.50 bits per heavy atom. The zero-order valence-corrected chi connectivity index (χ0v) is 11.9. The minimum absolute atomic E-state index is 0.387. The Kier molecular flexibility index (Phi) is 9.48. The van der Waals surface area contributed by atoms with Crippen LogP contribution in [0.5, 0.6) is 0 Å². The Labute approximate surface area is 111 Å². The van der Waals surface area contributed by atoms with Gasteiger partial charge < -0.3 is 18.9 Å². The average Bonchev–Trinajstić information content (AvgIpc) is 3.27. The third-order valence-electron chi connectivity index (χ3n) is 2.74. The second kappa shape index (κ2) is 10.7. The maximum atomic E-state index is 5.39. The molecule has 2 fully saturated rings. The van der Waals surface area contributed by atoms with E-state index in [2.05, 4.69) is 13.8 Å². The number of hydrogen-bond donors (Lipinski definition) is 0. The molecule has 4 heteroatoms. The summed E-state index contributed by atoms with van der Waals surface area (Å²) in [5.74, 6) is 0. The molecule has 18 heavy (non-hydrogen) atoms. The van der Waals surface area contributed by atoms with Crippen LogP contribution in [0.4, 0.5) is 0 Å². The van der Waals surface area contributed by atoms with Gasteiger partial charge >= 0.3 is 0 Å². The Morgan fingerprint density at radius 1 is 0.833 bits per heavy atom. The smallest absolute Gasteiger partial charge is 0.104 e. The molecular weight excluding hydrogens is 232 g/mol. The van der Waals surface area contributed by atoms with Crippen molar-refractivity contribution in [3.63, 3.8) is 0 Å². The number of rotatable bonds is 10. The second-order valence-corrected chi connectivity index (χ2v) is 4.77. The fourth-order valence-electron chi connectivity index (χ4n) is 1.17. The minimum Gasteiger partial charge on any atom is -0.379 e. The van der Waals surface area contributed by atoms with Gasteiger partial charge in [0.1, 0.15) is 12.2 Å². The molecule has 2 aliphatic heterocycles. The molecule has 4 nitrogen and oxygen atoms in total. The van der Waals surface area contributed by atoms with E-state index in [1.165, 1.54) is 12.8 Å². The molecule has 0 N–H and O–H groups in total. The quantitative estimate of drug-likeness (QED) is 0.447. The van der Waals surface area contributed by atoms with Crippen LogP contribution in [-0.4, -0.2) is 51.8 Å². The highest BCUT2D eigenvalue weighted by Crippen LogP contribution is 2.09. The molecule has 0 aromatic carbocycles. The van der Waals surface area contributed by atoms with Crippen LogP contribution in [0.1, 0.15) is 39.5 Å². The van der Waals surface area contributed by atoms with Crippen LogP contribution in [0.3, 0.4) is 0 Å². The molecule has 0 bridgehead atoms. The zero-order chi connectivity index (χ0) is 13.1. The van der Waals surface area contributed by atoms with E-state index in [4.69, 9.17) is 18.9 Å². The summed E-state index contributed by atoms with van der Waals surface area (Å²) in [6, 6.07) is 0. The number of hydrogen-bond acceptors (Lipinski definition) is 4. The van der Waals surface area contributed by atoms with Gasteiger partial charge in [-0.3, -0.25) is 0 Å². The molecule has 2 atom stereocenters. The van der Waals surface area contributed by atoms with Crippen LogP contribution in [0, 0.1) is 0 Å². The fraction of sp³-hybridized carbons (Fsp3) is 1.00. The van der Waals surface area contributed by atoms with Crippen molar-refractivity contribution in [3.05, 3.63) is 0 Å². The lowest BCUT2D eigenvalue weighted by atomic mass is 10.3. The number of epoxide rings is 2. The third-order valence-corrected chi connectivity index (χ3v) is 2.74. The molecule has 2 rings (SSSR count). The topological polar surface area (TPSA) is 43.5 Å². The summed E-state index contributed by atoms with van der Waals surface area (Å²) in [5, 5.41) is 0. The Bertz CT molecular complexity index is 159. The summed E-state index contributed by atoms with van der Waals surface area (Å²) in [5.41, 5.74) is 0. The van der Waals surface area contributed by atoms with Crippen molar-refractivity contribution in [2.45, 2.75) is 51.7 Å². The van der Waals surface area contributed by atoms with Gasteiger partial charge in [0.15, 0.2) is 0 Å². The van der Waals surface area contributed by atoms with Crippen LogP contribution in [0.2, 0.25) is 0 Å². The summed E-state index contributed by atoms with van der Waals surface area (Å²) in [4.78, 5) is 0. The van der Waals surface area contributed by atoms with Crippen molar-refractivity contribution >= 4 is 0 Å². The normalized spacial score (nSPS) is 24.3. The van der Waals surface area contributed by atoms with Gasteiger partial charge in [-0.2, -0.15) is 0 Å². The van der Waals surface area contributed by atoms with Crippen molar-refractivity contribution in [2.24, 2.45) is 0 Å². The molecular formula is C14H28O4. The molecule has 0 saturated carbocycles. The van der Waals surface area contributed by atoms with Crippen LogP contribution in [0.15, 0.2) is 0 Å². The lowest BCUT2D eigenvalue weighted by Gasteiger charge is -2.03. The largest absolute Gasteiger partial charge is 0.379 e. The molecule has 0 aromatic heterocycles. The molecule has 0 radical (unpaired) electrons. The van der Waals surface area contributed by atoms with E-state index in [1.807, 2.05) is 0 Å². The second-order valence-electron chi connectivity index (χ2n) is 4.77. The number of ether oxygens (including phenoxy) is 4. The van der Waals surface area contributed by atoms with Crippen LogP contribution >= 0.6 is 0 Å². The van der Waals surface area contributed by atoms with Gasteiger partial charge in [-0.1, -0.05) is 26.7 Å². The number of unbranched alkanes of at least 4 members (excludes halogenated alkanes) is 2. The van der Waals surface area contributed by atoms with Crippen LogP contribution < -0.4 is 0 Å². The van der Waals surface area contributed by atoms with Gasteiger partial charge in [0.2, 0.25) is 0 Å². The highest BCUT2D eigenvalue weighted by atomic mass is 16.6. The predicted octanol–water partition coefficient (Wildman–Crippen LogP) is 2.40. The first-order valence-electron chi connectivity index (χ1n) is 7.25. The summed E-state index contributed by atoms with van der Waals surface area (Å²) in [6.45, 7) is 9.29. The van der Waals surface area contributed by atoms with E-state index < -0.39 is 0 Å². The first-order valence-corrected chi connectivity index (χ1v) is 7.25. The predicted molar refractivity (Wildman–Crippen MR) is 70.9 cm³/mol. The van der Waals surface area contributed by atoms with E-state index in [0.717, 1.165) is 52.5 Å². The first kappa shape index (κ1) is 15.9. The van der Waals surface area contributed by atoms with Gasteiger partial charge in [-0.25, -0.2) is 0 Å². The summed E-state index contributed by atoms with van der Waals surface area (Å²) in [6.07, 6.45) is 5.55. The summed E-state index contributed by atoms with van der Waals surface area (Å²) >= 11 is 0. The van der Waals surface area contributed by atoms with E-state index in [1.54, 1.807) is 0 Å². The summed E-state index contributed by atoms with van der Waals surface area (Å²) < 4.78 is 20.8. The molecule has 108 valence electrons. The fourth-order valence-corrected chi connectivity index (χ4v) is 1.17. The van der Waals surface area contributed by atoms with Crippen molar-refractivity contribution in [1.29, 1.82) is 0 Å². The molecule has 2 heterocycles. The van der Waals surface area contributed by atoms with E-state index in [9.17, 15) is 0 Å². The van der Waals surface area contributed by atoms with Gasteiger partial charge in [0.25, 0.3) is 0 Å². The maximum Gasteiger partial charge on any atom is 0.104 e. The van der Waals surface area contributed by atoms with Gasteiger partial charge in [0, 0.05) is 13.2 Å². The zero-order valence-electron chi connectivity index (χ0n) is 11.9. The maximum absolute atomic E-state index is 5.39. The third kappa shape index (κ3) is 11.0. The first-order chi connectivity index (χ1) is 8.86. The molecule has 0 aliphatic carbocycles.